The molecule has 8 heteroatoms. The van der Waals surface area contributed by atoms with Gasteiger partial charge in [0, 0.05) is 12.7 Å². The Kier molecular flexibility index (Phi) is 5.51. The Morgan fingerprint density at radius 1 is 1.17 bits per heavy atom. The maximum atomic E-state index is 13.5. The molecule has 0 atom stereocenters. The van der Waals surface area contributed by atoms with Crippen molar-refractivity contribution in [3.8, 4) is 0 Å². The fourth-order valence-electron chi connectivity index (χ4n) is 1.76. The summed E-state index contributed by atoms with van der Waals surface area (Å²) in [4.78, 5) is 20.0. The molecule has 2 rings (SSSR count). The predicted octanol–water partition coefficient (Wildman–Crippen LogP) is 3.36. The topological polar surface area (TPSA) is 66.9 Å². The summed E-state index contributed by atoms with van der Waals surface area (Å²) in [6.45, 7) is 2.68. The molecule has 0 saturated carbocycles. The van der Waals surface area contributed by atoms with Crippen LogP contribution in [0, 0.1) is 17.5 Å². The SMILES string of the molecule is CCCCNc1nccc(C(=O)Nc2ccc(F)c(F)c2F)n1. The predicted molar refractivity (Wildman–Crippen MR) is 79.7 cm³/mol. The fourth-order valence-corrected chi connectivity index (χ4v) is 1.76. The lowest BCUT2D eigenvalue weighted by atomic mass is 10.2. The zero-order valence-corrected chi connectivity index (χ0v) is 12.4. The standard InChI is InChI=1S/C15H15F3N4O/c1-2-3-7-19-15-20-8-6-11(22-15)14(23)21-10-5-4-9(16)12(17)13(10)18/h4-6,8H,2-3,7H2,1H3,(H,21,23)(H,19,20,22). The summed E-state index contributed by atoms with van der Waals surface area (Å²) in [6.07, 6.45) is 3.28. The lowest BCUT2D eigenvalue weighted by Gasteiger charge is -2.08. The number of anilines is 2. The van der Waals surface area contributed by atoms with Gasteiger partial charge in [0.2, 0.25) is 5.95 Å². The maximum absolute atomic E-state index is 13.5. The first-order valence-corrected chi connectivity index (χ1v) is 7.04. The second-order valence-corrected chi connectivity index (χ2v) is 4.72. The molecule has 5 nitrogen and oxygen atoms in total. The van der Waals surface area contributed by atoms with Crippen molar-refractivity contribution in [1.29, 1.82) is 0 Å². The summed E-state index contributed by atoms with van der Waals surface area (Å²) in [5.41, 5.74) is -0.490. The largest absolute Gasteiger partial charge is 0.354 e. The van der Waals surface area contributed by atoms with E-state index in [2.05, 4.69) is 20.6 Å². The van der Waals surface area contributed by atoms with E-state index in [0.29, 0.717) is 6.54 Å². The Bertz CT molecular complexity index is 709. The molecule has 1 heterocycles. The zero-order valence-electron chi connectivity index (χ0n) is 12.4. The van der Waals surface area contributed by atoms with Crippen LogP contribution in [0.25, 0.3) is 0 Å². The van der Waals surface area contributed by atoms with Gasteiger partial charge in [-0.3, -0.25) is 4.79 Å². The maximum Gasteiger partial charge on any atom is 0.274 e. The molecule has 2 aromatic rings. The van der Waals surface area contributed by atoms with Crippen molar-refractivity contribution < 1.29 is 18.0 Å². The highest BCUT2D eigenvalue weighted by molar-refractivity contribution is 6.03. The minimum atomic E-state index is -1.65. The molecular weight excluding hydrogens is 309 g/mol. The van der Waals surface area contributed by atoms with Crippen LogP contribution in [0.4, 0.5) is 24.8 Å². The van der Waals surface area contributed by atoms with Gasteiger partial charge in [0.25, 0.3) is 5.91 Å². The molecule has 0 fully saturated rings. The number of rotatable bonds is 6. The van der Waals surface area contributed by atoms with E-state index in [0.717, 1.165) is 25.0 Å². The molecule has 0 unspecified atom stereocenters. The van der Waals surface area contributed by atoms with Crippen molar-refractivity contribution in [2.45, 2.75) is 19.8 Å². The Morgan fingerprint density at radius 2 is 1.96 bits per heavy atom. The van der Waals surface area contributed by atoms with Crippen LogP contribution in [0.1, 0.15) is 30.3 Å². The van der Waals surface area contributed by atoms with Gasteiger partial charge < -0.3 is 10.6 Å². The highest BCUT2D eigenvalue weighted by Gasteiger charge is 2.16. The van der Waals surface area contributed by atoms with E-state index < -0.39 is 29.0 Å². The van der Waals surface area contributed by atoms with Crippen molar-refractivity contribution in [2.75, 3.05) is 17.2 Å². The van der Waals surface area contributed by atoms with Crippen LogP contribution in [0.2, 0.25) is 0 Å². The van der Waals surface area contributed by atoms with Gasteiger partial charge in [0.05, 0.1) is 5.69 Å². The molecule has 1 aromatic carbocycles. The Morgan fingerprint density at radius 3 is 2.70 bits per heavy atom. The van der Waals surface area contributed by atoms with E-state index in [9.17, 15) is 18.0 Å². The molecule has 1 aromatic heterocycles. The van der Waals surface area contributed by atoms with E-state index in [1.165, 1.54) is 12.3 Å². The van der Waals surface area contributed by atoms with E-state index in [-0.39, 0.29) is 11.6 Å². The van der Waals surface area contributed by atoms with E-state index in [1.54, 1.807) is 0 Å². The first-order chi connectivity index (χ1) is 11.0. The Labute approximate surface area is 131 Å². The summed E-state index contributed by atoms with van der Waals surface area (Å²) >= 11 is 0. The third-order valence-corrected chi connectivity index (χ3v) is 2.99. The Hall–Kier alpha value is -2.64. The molecule has 0 aliphatic carbocycles. The first kappa shape index (κ1) is 16.7. The number of nitrogens with one attached hydrogen (secondary N) is 2. The molecule has 0 saturated heterocycles. The summed E-state index contributed by atoms with van der Waals surface area (Å²) in [6, 6.07) is 3.00. The summed E-state index contributed by atoms with van der Waals surface area (Å²) in [7, 11) is 0. The molecule has 0 aliphatic rings. The van der Waals surface area contributed by atoms with Crippen molar-refractivity contribution in [3.63, 3.8) is 0 Å². The number of nitrogens with zero attached hydrogens (tertiary/aromatic N) is 2. The van der Waals surface area contributed by atoms with Crippen molar-refractivity contribution in [3.05, 3.63) is 47.5 Å². The molecule has 0 radical (unpaired) electrons. The van der Waals surface area contributed by atoms with Crippen LogP contribution >= 0.6 is 0 Å². The van der Waals surface area contributed by atoms with Crippen LogP contribution in [0.3, 0.4) is 0 Å². The number of carbonyl (C=O) groups excluding carboxylic acids is 1. The molecule has 23 heavy (non-hydrogen) atoms. The number of unbranched alkanes of at least 4 members (excludes halogenated alkanes) is 1. The van der Waals surface area contributed by atoms with Crippen LogP contribution < -0.4 is 10.6 Å². The van der Waals surface area contributed by atoms with Crippen LogP contribution in [-0.2, 0) is 0 Å². The van der Waals surface area contributed by atoms with Crippen LogP contribution in [0.15, 0.2) is 24.4 Å². The second kappa shape index (κ2) is 7.57. The molecular formula is C15H15F3N4O. The van der Waals surface area contributed by atoms with Gasteiger partial charge in [-0.15, -0.1) is 0 Å². The van der Waals surface area contributed by atoms with E-state index >= 15 is 0 Å². The lowest BCUT2D eigenvalue weighted by molar-refractivity contribution is 0.102. The molecule has 0 spiro atoms. The third-order valence-electron chi connectivity index (χ3n) is 2.99. The number of benzene rings is 1. The first-order valence-electron chi connectivity index (χ1n) is 7.04. The summed E-state index contributed by atoms with van der Waals surface area (Å²) in [5, 5.41) is 5.10. The van der Waals surface area contributed by atoms with Gasteiger partial charge in [-0.2, -0.15) is 0 Å². The number of aromatic nitrogens is 2. The quantitative estimate of drug-likeness (QED) is 0.631. The van der Waals surface area contributed by atoms with E-state index in [4.69, 9.17) is 0 Å². The van der Waals surface area contributed by atoms with E-state index in [1.807, 2.05) is 6.92 Å². The molecule has 2 N–H and O–H groups in total. The number of carbonyl (C=O) groups is 1. The monoisotopic (exact) mass is 324 g/mol. The molecule has 0 bridgehead atoms. The van der Waals surface area contributed by atoms with Crippen molar-refractivity contribution in [2.24, 2.45) is 0 Å². The number of halogens is 3. The van der Waals surface area contributed by atoms with Gasteiger partial charge >= 0.3 is 0 Å². The fraction of sp³-hybridized carbons (Fsp3) is 0.267. The van der Waals surface area contributed by atoms with Gasteiger partial charge in [0.15, 0.2) is 17.5 Å². The van der Waals surface area contributed by atoms with Crippen molar-refractivity contribution in [1.82, 2.24) is 9.97 Å². The van der Waals surface area contributed by atoms with Crippen LogP contribution in [0.5, 0.6) is 0 Å². The average Bonchev–Trinajstić information content (AvgIpc) is 2.56. The van der Waals surface area contributed by atoms with Crippen molar-refractivity contribution >= 4 is 17.5 Å². The van der Waals surface area contributed by atoms with Crippen LogP contribution in [-0.4, -0.2) is 22.4 Å². The Balaban J connectivity index is 2.12. The van der Waals surface area contributed by atoms with Gasteiger partial charge in [-0.05, 0) is 24.6 Å². The lowest BCUT2D eigenvalue weighted by Crippen LogP contribution is -2.17. The van der Waals surface area contributed by atoms with Gasteiger partial charge in [-0.25, -0.2) is 23.1 Å². The highest BCUT2D eigenvalue weighted by Crippen LogP contribution is 2.20. The average molecular weight is 324 g/mol. The second-order valence-electron chi connectivity index (χ2n) is 4.72. The summed E-state index contributed by atoms with van der Waals surface area (Å²) in [5.74, 6) is -4.93. The minimum absolute atomic E-state index is 0.0249. The molecule has 122 valence electrons. The smallest absolute Gasteiger partial charge is 0.274 e. The third kappa shape index (κ3) is 4.18. The minimum Gasteiger partial charge on any atom is -0.354 e. The van der Waals surface area contributed by atoms with Gasteiger partial charge in [0.1, 0.15) is 5.69 Å². The number of hydrogen-bond donors (Lipinski definition) is 2. The highest BCUT2D eigenvalue weighted by atomic mass is 19.2. The number of amides is 1. The summed E-state index contributed by atoms with van der Waals surface area (Å²) < 4.78 is 39.6. The van der Waals surface area contributed by atoms with Gasteiger partial charge in [-0.1, -0.05) is 13.3 Å². The number of hydrogen-bond acceptors (Lipinski definition) is 4. The normalized spacial score (nSPS) is 10.4. The zero-order chi connectivity index (χ0) is 16.8. The molecule has 1 amide bonds. The molecule has 0 aliphatic heterocycles.